The number of rotatable bonds is 5. The molecule has 1 atom stereocenters. The highest BCUT2D eigenvalue weighted by Crippen LogP contribution is 2.24. The number of nitrogens with zero attached hydrogens (tertiary/aromatic N) is 4. The van der Waals surface area contributed by atoms with Crippen LogP contribution in [0.15, 0.2) is 36.8 Å². The van der Waals surface area contributed by atoms with Gasteiger partial charge >= 0.3 is 10.2 Å². The summed E-state index contributed by atoms with van der Waals surface area (Å²) < 4.78 is 25.7. The number of imidazole rings is 1. The number of hydrogen-bond donors (Lipinski definition) is 1. The summed E-state index contributed by atoms with van der Waals surface area (Å²) in [6.07, 6.45) is 0.961. The van der Waals surface area contributed by atoms with Crippen LogP contribution in [0, 0.1) is 10.1 Å². The third-order valence-corrected chi connectivity index (χ3v) is 4.64. The second kappa shape index (κ2) is 5.83. The van der Waals surface area contributed by atoms with E-state index in [4.69, 9.17) is 0 Å². The predicted octanol–water partition coefficient (Wildman–Crippen LogP) is 0.527. The van der Waals surface area contributed by atoms with Crippen molar-refractivity contribution >= 4 is 15.9 Å². The smallest absolute Gasteiger partial charge is 0.308 e. The monoisotopic (exact) mass is 326 g/mol. The molecule has 0 spiro atoms. The van der Waals surface area contributed by atoms with Crippen LogP contribution in [0.4, 0.5) is 5.69 Å². The molecule has 118 valence electrons. The number of hydrogen-bond acceptors (Lipinski definition) is 6. The predicted molar refractivity (Wildman–Crippen MR) is 77.4 cm³/mol. The third kappa shape index (κ3) is 2.98. The number of nitro groups is 1. The minimum atomic E-state index is -3.73. The standard InChI is InChI=1S/C12H14N4O5S/c1-14(2)22(20,21)15-7-11(13-8-15)12(17)9-4-3-5-10(6-9)16(18)19/h3-8,12,17H,1-2H3. The molecule has 0 aliphatic heterocycles. The second-order valence-corrected chi connectivity index (χ2v) is 6.72. The Labute approximate surface area is 126 Å². The first-order valence-electron chi connectivity index (χ1n) is 6.13. The van der Waals surface area contributed by atoms with Crippen molar-refractivity contribution in [3.05, 3.63) is 58.2 Å². The van der Waals surface area contributed by atoms with Gasteiger partial charge < -0.3 is 5.11 Å². The van der Waals surface area contributed by atoms with Crippen molar-refractivity contribution in [2.24, 2.45) is 0 Å². The Morgan fingerprint density at radius 1 is 1.41 bits per heavy atom. The Balaban J connectivity index is 2.35. The van der Waals surface area contributed by atoms with Crippen LogP contribution in [-0.4, -0.2) is 45.8 Å². The topological polar surface area (TPSA) is 119 Å². The summed E-state index contributed by atoms with van der Waals surface area (Å²) in [5.74, 6) is 0. The van der Waals surface area contributed by atoms with Gasteiger partial charge in [-0.2, -0.15) is 12.7 Å². The molecule has 0 radical (unpaired) electrons. The van der Waals surface area contributed by atoms with Crippen molar-refractivity contribution in [1.82, 2.24) is 13.3 Å². The van der Waals surface area contributed by atoms with E-state index in [2.05, 4.69) is 4.98 Å². The number of aliphatic hydroxyl groups excluding tert-OH is 1. The van der Waals surface area contributed by atoms with Gasteiger partial charge in [-0.15, -0.1) is 0 Å². The van der Waals surface area contributed by atoms with Crippen LogP contribution < -0.4 is 0 Å². The zero-order valence-corrected chi connectivity index (χ0v) is 12.6. The average molecular weight is 326 g/mol. The molecule has 1 aromatic carbocycles. The fourth-order valence-corrected chi connectivity index (χ4v) is 2.54. The Morgan fingerprint density at radius 2 is 2.09 bits per heavy atom. The summed E-state index contributed by atoms with van der Waals surface area (Å²) in [6, 6.07) is 5.44. The number of nitro benzene ring substituents is 1. The minimum Gasteiger partial charge on any atom is -0.382 e. The van der Waals surface area contributed by atoms with Gasteiger partial charge in [-0.1, -0.05) is 12.1 Å². The molecule has 9 nitrogen and oxygen atoms in total. The largest absolute Gasteiger partial charge is 0.382 e. The third-order valence-electron chi connectivity index (χ3n) is 2.98. The van der Waals surface area contributed by atoms with Gasteiger partial charge in [-0.05, 0) is 5.56 Å². The summed E-state index contributed by atoms with van der Waals surface area (Å²) >= 11 is 0. The van der Waals surface area contributed by atoms with Crippen LogP contribution in [0.25, 0.3) is 0 Å². The van der Waals surface area contributed by atoms with Gasteiger partial charge in [0, 0.05) is 32.4 Å². The quantitative estimate of drug-likeness (QED) is 0.632. The maximum Gasteiger partial charge on any atom is 0.308 e. The number of aliphatic hydroxyl groups is 1. The lowest BCUT2D eigenvalue weighted by molar-refractivity contribution is -0.385. The van der Waals surface area contributed by atoms with Gasteiger partial charge in [-0.25, -0.2) is 8.96 Å². The molecular weight excluding hydrogens is 312 g/mol. The van der Waals surface area contributed by atoms with E-state index in [1.807, 2.05) is 0 Å². The molecule has 22 heavy (non-hydrogen) atoms. The molecule has 0 saturated heterocycles. The number of non-ortho nitro benzene ring substituents is 1. The van der Waals surface area contributed by atoms with Crippen LogP contribution in [0.2, 0.25) is 0 Å². The molecule has 0 aliphatic carbocycles. The highest BCUT2D eigenvalue weighted by atomic mass is 32.2. The number of aromatic nitrogens is 2. The Kier molecular flexibility index (Phi) is 4.26. The van der Waals surface area contributed by atoms with Gasteiger partial charge in [0.2, 0.25) is 0 Å². The molecule has 1 aromatic heterocycles. The summed E-state index contributed by atoms with van der Waals surface area (Å²) in [4.78, 5) is 14.0. The van der Waals surface area contributed by atoms with Crippen LogP contribution in [0.1, 0.15) is 17.4 Å². The van der Waals surface area contributed by atoms with Gasteiger partial charge in [0.15, 0.2) is 0 Å². The van der Waals surface area contributed by atoms with E-state index >= 15 is 0 Å². The fraction of sp³-hybridized carbons (Fsp3) is 0.250. The molecule has 1 unspecified atom stereocenters. The van der Waals surface area contributed by atoms with E-state index in [1.54, 1.807) is 0 Å². The lowest BCUT2D eigenvalue weighted by Crippen LogP contribution is -2.27. The normalized spacial score (nSPS) is 13.3. The first-order chi connectivity index (χ1) is 10.2. The van der Waals surface area contributed by atoms with Crippen LogP contribution in [0.5, 0.6) is 0 Å². The zero-order chi connectivity index (χ0) is 16.5. The molecule has 0 amide bonds. The molecule has 1 N–H and O–H groups in total. The molecule has 0 bridgehead atoms. The Hall–Kier alpha value is -2.30. The lowest BCUT2D eigenvalue weighted by atomic mass is 10.1. The SMILES string of the molecule is CN(C)S(=O)(=O)n1cnc(C(O)c2cccc([N+](=O)[O-])c2)c1. The summed E-state index contributed by atoms with van der Waals surface area (Å²) in [5.41, 5.74) is 0.157. The lowest BCUT2D eigenvalue weighted by Gasteiger charge is -2.11. The van der Waals surface area contributed by atoms with Crippen LogP contribution in [0.3, 0.4) is 0 Å². The molecule has 10 heteroatoms. The minimum absolute atomic E-state index is 0.0749. The maximum absolute atomic E-state index is 11.9. The second-order valence-electron chi connectivity index (χ2n) is 4.67. The zero-order valence-electron chi connectivity index (χ0n) is 11.8. The van der Waals surface area contributed by atoms with E-state index in [0.29, 0.717) is 0 Å². The molecule has 0 aliphatic rings. The van der Waals surface area contributed by atoms with Crippen molar-refractivity contribution in [2.45, 2.75) is 6.10 Å². The number of benzene rings is 1. The van der Waals surface area contributed by atoms with Gasteiger partial charge in [-0.3, -0.25) is 10.1 Å². The summed E-state index contributed by atoms with van der Waals surface area (Å²) in [5, 5.41) is 21.0. The van der Waals surface area contributed by atoms with Crippen molar-refractivity contribution in [3.63, 3.8) is 0 Å². The van der Waals surface area contributed by atoms with Crippen molar-refractivity contribution < 1.29 is 18.4 Å². The van der Waals surface area contributed by atoms with E-state index in [0.717, 1.165) is 14.6 Å². The fourth-order valence-electron chi connectivity index (χ4n) is 1.76. The van der Waals surface area contributed by atoms with E-state index < -0.39 is 21.2 Å². The molecule has 0 fully saturated rings. The van der Waals surface area contributed by atoms with Gasteiger partial charge in [0.1, 0.15) is 12.4 Å². The van der Waals surface area contributed by atoms with E-state index in [9.17, 15) is 23.6 Å². The highest BCUT2D eigenvalue weighted by Gasteiger charge is 2.21. The maximum atomic E-state index is 11.9. The molecule has 0 saturated carbocycles. The molecular formula is C12H14N4O5S. The summed E-state index contributed by atoms with van der Waals surface area (Å²) in [6.45, 7) is 0. The molecule has 2 aromatic rings. The molecule has 1 heterocycles. The Morgan fingerprint density at radius 3 is 2.68 bits per heavy atom. The average Bonchev–Trinajstić information content (AvgIpc) is 2.96. The Bertz CT molecular complexity index is 799. The van der Waals surface area contributed by atoms with Gasteiger partial charge in [0.05, 0.1) is 10.6 Å². The van der Waals surface area contributed by atoms with Crippen LogP contribution >= 0.6 is 0 Å². The van der Waals surface area contributed by atoms with Gasteiger partial charge in [0.25, 0.3) is 5.69 Å². The van der Waals surface area contributed by atoms with Crippen molar-refractivity contribution in [2.75, 3.05) is 14.1 Å². The van der Waals surface area contributed by atoms with E-state index in [-0.39, 0.29) is 16.9 Å². The van der Waals surface area contributed by atoms with E-state index in [1.165, 1.54) is 44.6 Å². The first-order valence-corrected chi connectivity index (χ1v) is 7.52. The summed E-state index contributed by atoms with van der Waals surface area (Å²) in [7, 11) is -0.991. The highest BCUT2D eigenvalue weighted by molar-refractivity contribution is 7.87. The molecule has 2 rings (SSSR count). The first kappa shape index (κ1) is 16.1. The van der Waals surface area contributed by atoms with Crippen molar-refractivity contribution in [1.29, 1.82) is 0 Å². The van der Waals surface area contributed by atoms with Crippen LogP contribution in [-0.2, 0) is 10.2 Å². The van der Waals surface area contributed by atoms with Crippen molar-refractivity contribution in [3.8, 4) is 0 Å².